The van der Waals surface area contributed by atoms with Gasteiger partial charge in [0.1, 0.15) is 5.69 Å². The van der Waals surface area contributed by atoms with Crippen molar-refractivity contribution in [1.29, 1.82) is 0 Å². The van der Waals surface area contributed by atoms with Crippen LogP contribution < -0.4 is 5.32 Å². The molecule has 1 fully saturated rings. The fourth-order valence-electron chi connectivity index (χ4n) is 2.45. The van der Waals surface area contributed by atoms with E-state index in [-0.39, 0.29) is 17.5 Å². The summed E-state index contributed by atoms with van der Waals surface area (Å²) in [6, 6.07) is 0.0676. The van der Waals surface area contributed by atoms with Crippen molar-refractivity contribution < 1.29 is 17.6 Å². The van der Waals surface area contributed by atoms with E-state index in [0.29, 0.717) is 0 Å². The van der Waals surface area contributed by atoms with Gasteiger partial charge in [-0.2, -0.15) is 0 Å². The first-order valence-corrected chi connectivity index (χ1v) is 6.40. The summed E-state index contributed by atoms with van der Waals surface area (Å²) < 4.78 is 53.2. The standard InChI is InChI=1S/C14H17F4N/c1-14(2)5-3-8(4-6-14)19-13-11(17)9(15)7-10(16)12(13)18/h7-8,19H,3-6H2,1-2H3. The van der Waals surface area contributed by atoms with Gasteiger partial charge in [-0.15, -0.1) is 0 Å². The highest BCUT2D eigenvalue weighted by atomic mass is 19.2. The molecular formula is C14H17F4N. The number of hydrogen-bond donors (Lipinski definition) is 1. The highest BCUT2D eigenvalue weighted by Crippen LogP contribution is 2.37. The maximum Gasteiger partial charge on any atom is 0.185 e. The molecule has 0 amide bonds. The van der Waals surface area contributed by atoms with Crippen molar-refractivity contribution in [2.24, 2.45) is 5.41 Å². The maximum atomic E-state index is 13.5. The molecule has 1 aliphatic carbocycles. The van der Waals surface area contributed by atoms with Gasteiger partial charge in [-0.05, 0) is 31.1 Å². The fourth-order valence-corrected chi connectivity index (χ4v) is 2.45. The normalized spacial score (nSPS) is 19.5. The molecule has 1 N–H and O–H groups in total. The highest BCUT2D eigenvalue weighted by Gasteiger charge is 2.28. The van der Waals surface area contributed by atoms with E-state index in [0.717, 1.165) is 25.7 Å². The van der Waals surface area contributed by atoms with Gasteiger partial charge in [0.25, 0.3) is 0 Å². The summed E-state index contributed by atoms with van der Waals surface area (Å²) in [4.78, 5) is 0. The lowest BCUT2D eigenvalue weighted by Crippen LogP contribution is -2.30. The third kappa shape index (κ3) is 3.01. The number of nitrogens with one attached hydrogen (secondary N) is 1. The van der Waals surface area contributed by atoms with Gasteiger partial charge < -0.3 is 5.32 Å². The number of anilines is 1. The number of benzene rings is 1. The van der Waals surface area contributed by atoms with Crippen molar-refractivity contribution in [1.82, 2.24) is 0 Å². The molecule has 0 bridgehead atoms. The first-order chi connectivity index (χ1) is 8.80. The summed E-state index contributed by atoms with van der Waals surface area (Å²) in [7, 11) is 0. The predicted molar refractivity (Wildman–Crippen MR) is 65.9 cm³/mol. The molecule has 106 valence electrons. The molecule has 0 radical (unpaired) electrons. The van der Waals surface area contributed by atoms with E-state index < -0.39 is 29.0 Å². The maximum absolute atomic E-state index is 13.5. The number of halogens is 4. The van der Waals surface area contributed by atoms with Crippen molar-refractivity contribution in [2.75, 3.05) is 5.32 Å². The smallest absolute Gasteiger partial charge is 0.185 e. The zero-order valence-electron chi connectivity index (χ0n) is 11.0. The van der Waals surface area contributed by atoms with Crippen LogP contribution in [0, 0.1) is 28.7 Å². The molecule has 1 aromatic rings. The summed E-state index contributed by atoms with van der Waals surface area (Å²) in [5.41, 5.74) is -0.482. The molecule has 0 heterocycles. The van der Waals surface area contributed by atoms with Gasteiger partial charge >= 0.3 is 0 Å². The zero-order chi connectivity index (χ0) is 14.2. The van der Waals surface area contributed by atoms with E-state index in [1.807, 2.05) is 0 Å². The average Bonchev–Trinajstić information content (AvgIpc) is 2.34. The molecule has 0 unspecified atom stereocenters. The molecule has 0 spiro atoms. The molecule has 0 aromatic heterocycles. The molecule has 5 heteroatoms. The lowest BCUT2D eigenvalue weighted by molar-refractivity contribution is 0.232. The number of hydrogen-bond acceptors (Lipinski definition) is 1. The largest absolute Gasteiger partial charge is 0.377 e. The van der Waals surface area contributed by atoms with Crippen LogP contribution in [-0.2, 0) is 0 Å². The first-order valence-electron chi connectivity index (χ1n) is 6.40. The van der Waals surface area contributed by atoms with E-state index in [1.54, 1.807) is 0 Å². The monoisotopic (exact) mass is 275 g/mol. The third-order valence-electron chi connectivity index (χ3n) is 3.80. The number of rotatable bonds is 2. The van der Waals surface area contributed by atoms with Gasteiger partial charge in [0.05, 0.1) is 0 Å². The highest BCUT2D eigenvalue weighted by molar-refractivity contribution is 5.48. The van der Waals surface area contributed by atoms with E-state index in [9.17, 15) is 17.6 Å². The minimum atomic E-state index is -1.38. The fraction of sp³-hybridized carbons (Fsp3) is 0.571. The minimum absolute atomic E-state index is 0.154. The zero-order valence-corrected chi connectivity index (χ0v) is 11.0. The molecular weight excluding hydrogens is 258 g/mol. The van der Waals surface area contributed by atoms with Crippen LogP contribution in [0.15, 0.2) is 6.07 Å². The van der Waals surface area contributed by atoms with Crippen LogP contribution in [0.4, 0.5) is 23.2 Å². The van der Waals surface area contributed by atoms with E-state index >= 15 is 0 Å². The summed E-state index contributed by atoms with van der Waals surface area (Å²) in [5, 5.41) is 2.61. The Morgan fingerprint density at radius 3 is 1.95 bits per heavy atom. The molecule has 0 saturated heterocycles. The second kappa shape index (κ2) is 5.02. The van der Waals surface area contributed by atoms with Crippen molar-refractivity contribution in [3.05, 3.63) is 29.3 Å². The Morgan fingerprint density at radius 2 is 1.47 bits per heavy atom. The topological polar surface area (TPSA) is 12.0 Å². The summed E-state index contributed by atoms with van der Waals surface area (Å²) in [6.07, 6.45) is 3.27. The Morgan fingerprint density at radius 1 is 1.00 bits per heavy atom. The van der Waals surface area contributed by atoms with Crippen LogP contribution in [0.25, 0.3) is 0 Å². The Labute approximate surface area is 110 Å². The van der Waals surface area contributed by atoms with Gasteiger partial charge in [0, 0.05) is 12.1 Å². The molecule has 1 aliphatic rings. The van der Waals surface area contributed by atoms with Crippen molar-refractivity contribution in [3.8, 4) is 0 Å². The summed E-state index contributed by atoms with van der Waals surface area (Å²) in [6.45, 7) is 4.26. The first kappa shape index (κ1) is 14.2. The minimum Gasteiger partial charge on any atom is -0.377 e. The molecule has 1 aromatic carbocycles. The van der Waals surface area contributed by atoms with Crippen LogP contribution in [-0.4, -0.2) is 6.04 Å². The van der Waals surface area contributed by atoms with E-state index in [1.165, 1.54) is 0 Å². The van der Waals surface area contributed by atoms with Crippen LogP contribution in [0.3, 0.4) is 0 Å². The second-order valence-electron chi connectivity index (χ2n) is 5.93. The van der Waals surface area contributed by atoms with Crippen molar-refractivity contribution >= 4 is 5.69 Å². The van der Waals surface area contributed by atoms with Crippen molar-refractivity contribution in [2.45, 2.75) is 45.6 Å². The van der Waals surface area contributed by atoms with Gasteiger partial charge in [0.15, 0.2) is 23.3 Å². The van der Waals surface area contributed by atoms with Crippen molar-refractivity contribution in [3.63, 3.8) is 0 Å². The molecule has 2 rings (SSSR count). The summed E-state index contributed by atoms with van der Waals surface area (Å²) >= 11 is 0. The molecule has 1 saturated carbocycles. The van der Waals surface area contributed by atoms with Crippen LogP contribution in [0.5, 0.6) is 0 Å². The van der Waals surface area contributed by atoms with Gasteiger partial charge in [0.2, 0.25) is 0 Å². The molecule has 0 aliphatic heterocycles. The molecule has 19 heavy (non-hydrogen) atoms. The molecule has 1 nitrogen and oxygen atoms in total. The average molecular weight is 275 g/mol. The van der Waals surface area contributed by atoms with Gasteiger partial charge in [-0.1, -0.05) is 13.8 Å². The van der Waals surface area contributed by atoms with Gasteiger partial charge in [-0.3, -0.25) is 0 Å². The third-order valence-corrected chi connectivity index (χ3v) is 3.80. The Balaban J connectivity index is 2.16. The lowest BCUT2D eigenvalue weighted by Gasteiger charge is -2.35. The van der Waals surface area contributed by atoms with Crippen LogP contribution in [0.2, 0.25) is 0 Å². The SMILES string of the molecule is CC1(C)CCC(Nc2c(F)c(F)cc(F)c2F)CC1. The van der Waals surface area contributed by atoms with E-state index in [2.05, 4.69) is 19.2 Å². The summed E-state index contributed by atoms with van der Waals surface area (Å²) in [5.74, 6) is -5.47. The Hall–Kier alpha value is -1.26. The molecule has 0 atom stereocenters. The quantitative estimate of drug-likeness (QED) is 0.613. The van der Waals surface area contributed by atoms with Gasteiger partial charge in [-0.25, -0.2) is 17.6 Å². The van der Waals surface area contributed by atoms with E-state index in [4.69, 9.17) is 0 Å². The van der Waals surface area contributed by atoms with Crippen LogP contribution in [0.1, 0.15) is 39.5 Å². The van der Waals surface area contributed by atoms with Crippen LogP contribution >= 0.6 is 0 Å². The Kier molecular flexibility index (Phi) is 3.74. The predicted octanol–water partition coefficient (Wildman–Crippen LogP) is 4.62. The second-order valence-corrected chi connectivity index (χ2v) is 5.93. The Bertz CT molecular complexity index is 449. The lowest BCUT2D eigenvalue weighted by atomic mass is 9.75.